The lowest BCUT2D eigenvalue weighted by Gasteiger charge is -2.30. The van der Waals surface area contributed by atoms with E-state index in [1.807, 2.05) is 43.3 Å². The van der Waals surface area contributed by atoms with Crippen molar-refractivity contribution in [1.82, 2.24) is 0 Å². The fourth-order valence-electron chi connectivity index (χ4n) is 5.83. The first-order chi connectivity index (χ1) is 22.0. The van der Waals surface area contributed by atoms with Gasteiger partial charge >= 0.3 is 12.1 Å². The Morgan fingerprint density at radius 1 is 0.822 bits per heavy atom. The summed E-state index contributed by atoms with van der Waals surface area (Å²) in [6.45, 7) is 4.39. The minimum absolute atomic E-state index is 0.288. The van der Waals surface area contributed by atoms with Gasteiger partial charge < -0.3 is 24.1 Å². The fourth-order valence-corrected chi connectivity index (χ4v) is 5.83. The minimum atomic E-state index is -1.39. The monoisotopic (exact) mass is 616 g/mol. The van der Waals surface area contributed by atoms with Crippen molar-refractivity contribution in [3.05, 3.63) is 83.9 Å². The molecule has 0 aromatic heterocycles. The summed E-state index contributed by atoms with van der Waals surface area (Å²) < 4.78 is 22.9. The molecule has 1 N–H and O–H groups in total. The van der Waals surface area contributed by atoms with E-state index in [4.69, 9.17) is 18.9 Å². The van der Waals surface area contributed by atoms with E-state index in [1.54, 1.807) is 36.4 Å². The van der Waals surface area contributed by atoms with Crippen molar-refractivity contribution in [1.29, 1.82) is 0 Å². The Bertz CT molecular complexity index is 1340. The molecule has 1 heterocycles. The van der Waals surface area contributed by atoms with E-state index in [0.29, 0.717) is 35.5 Å². The van der Waals surface area contributed by atoms with Crippen LogP contribution in [0.2, 0.25) is 0 Å². The molecule has 0 spiro atoms. The number of aliphatic hydroxyl groups excluding tert-OH is 1. The van der Waals surface area contributed by atoms with Gasteiger partial charge in [-0.15, -0.1) is 0 Å². The maximum Gasteiger partial charge on any atom is 0.509 e. The number of carbonyl (C=O) groups is 2. The number of esters is 1. The Hall–Kier alpha value is -3.84. The number of carbonyl (C=O) groups excluding carboxylic acids is 2. The van der Waals surface area contributed by atoms with Crippen LogP contribution in [0, 0.1) is 0 Å². The zero-order valence-corrected chi connectivity index (χ0v) is 26.8. The highest BCUT2D eigenvalue weighted by molar-refractivity contribution is 5.92. The van der Waals surface area contributed by atoms with E-state index in [1.165, 1.54) is 51.4 Å². The second-order valence-corrected chi connectivity index (χ2v) is 11.8. The first-order valence-corrected chi connectivity index (χ1v) is 16.7. The number of benzene rings is 3. The summed E-state index contributed by atoms with van der Waals surface area (Å²) in [4.78, 5) is 25.5. The normalized spacial score (nSPS) is 17.5. The van der Waals surface area contributed by atoms with Gasteiger partial charge in [0.2, 0.25) is 5.60 Å². The zero-order valence-electron chi connectivity index (χ0n) is 26.8. The molecule has 1 fully saturated rings. The van der Waals surface area contributed by atoms with Crippen molar-refractivity contribution in [2.75, 3.05) is 13.2 Å². The molecular formula is C38H48O7. The predicted molar refractivity (Wildman–Crippen MR) is 176 cm³/mol. The summed E-state index contributed by atoms with van der Waals surface area (Å²) in [5.74, 6) is 0.466. The predicted octanol–water partition coefficient (Wildman–Crippen LogP) is 9.40. The number of aliphatic hydroxyl groups is 1. The topological polar surface area (TPSA) is 91.3 Å². The van der Waals surface area contributed by atoms with Crippen LogP contribution in [0.15, 0.2) is 72.8 Å². The van der Waals surface area contributed by atoms with Crippen molar-refractivity contribution in [2.24, 2.45) is 0 Å². The Balaban J connectivity index is 1.38. The van der Waals surface area contributed by atoms with Crippen LogP contribution in [-0.2, 0) is 15.1 Å². The molecular weight excluding hydrogens is 568 g/mol. The lowest BCUT2D eigenvalue weighted by molar-refractivity contribution is -0.0288. The van der Waals surface area contributed by atoms with Crippen molar-refractivity contribution in [2.45, 2.75) is 103 Å². The Kier molecular flexibility index (Phi) is 13.3. The third-order valence-corrected chi connectivity index (χ3v) is 8.42. The van der Waals surface area contributed by atoms with E-state index in [2.05, 4.69) is 6.92 Å². The summed E-state index contributed by atoms with van der Waals surface area (Å²) >= 11 is 0. The van der Waals surface area contributed by atoms with Crippen LogP contribution >= 0.6 is 0 Å². The molecule has 1 saturated heterocycles. The lowest BCUT2D eigenvalue weighted by atomic mass is 9.85. The first kappa shape index (κ1) is 34.0. The minimum Gasteiger partial charge on any atom is -0.494 e. The largest absolute Gasteiger partial charge is 0.509 e. The third-order valence-electron chi connectivity index (χ3n) is 8.42. The van der Waals surface area contributed by atoms with Crippen LogP contribution in [0.4, 0.5) is 4.79 Å². The van der Waals surface area contributed by atoms with Gasteiger partial charge in [0.25, 0.3) is 0 Å². The van der Waals surface area contributed by atoms with E-state index in [-0.39, 0.29) is 5.75 Å². The Morgan fingerprint density at radius 3 is 2.13 bits per heavy atom. The number of unbranched alkanes of at least 4 members (excludes halogenated alkanes) is 9. The Morgan fingerprint density at radius 2 is 1.49 bits per heavy atom. The maximum absolute atomic E-state index is 13.3. The molecule has 0 amide bonds. The van der Waals surface area contributed by atoms with Gasteiger partial charge in [-0.3, -0.25) is 0 Å². The number of hydrogen-bond acceptors (Lipinski definition) is 7. The average Bonchev–Trinajstić information content (AvgIpc) is 3.40. The molecule has 0 bridgehead atoms. The van der Waals surface area contributed by atoms with E-state index in [0.717, 1.165) is 24.8 Å². The second kappa shape index (κ2) is 17.6. The molecule has 1 aliphatic heterocycles. The van der Waals surface area contributed by atoms with Gasteiger partial charge in [0.15, 0.2) is 6.10 Å². The summed E-state index contributed by atoms with van der Waals surface area (Å²) in [6.07, 6.45) is 12.5. The van der Waals surface area contributed by atoms with Gasteiger partial charge in [-0.2, -0.15) is 0 Å². The van der Waals surface area contributed by atoms with Crippen LogP contribution in [0.5, 0.6) is 11.5 Å². The van der Waals surface area contributed by atoms with Gasteiger partial charge in [0.05, 0.1) is 18.8 Å². The molecule has 0 aliphatic carbocycles. The molecule has 2 atom stereocenters. The number of rotatable bonds is 19. The van der Waals surface area contributed by atoms with Gasteiger partial charge in [-0.25, -0.2) is 9.59 Å². The van der Waals surface area contributed by atoms with Gasteiger partial charge in [0, 0.05) is 11.1 Å². The van der Waals surface area contributed by atoms with E-state index in [9.17, 15) is 14.7 Å². The SMILES string of the molecule is CCCCCCCCCCCCOc1ccc(C(=O)Oc2cc([C@]3(CO)OC(=O)O[C@H]3CCC)ccc2-c2ccccc2)cc1. The highest BCUT2D eigenvalue weighted by atomic mass is 16.8. The van der Waals surface area contributed by atoms with Crippen LogP contribution in [0.25, 0.3) is 11.1 Å². The number of ether oxygens (including phenoxy) is 4. The lowest BCUT2D eigenvalue weighted by Crippen LogP contribution is -2.40. The van der Waals surface area contributed by atoms with Gasteiger partial charge in [0.1, 0.15) is 11.5 Å². The quantitative estimate of drug-likeness (QED) is 0.0815. The summed E-state index contributed by atoms with van der Waals surface area (Å²) in [7, 11) is 0. The standard InChI is InChI=1S/C38H48O7/c1-3-5-6-7-8-9-10-11-12-16-26-42-32-23-20-30(21-24-32)36(40)43-34-27-31(22-25-33(34)29-18-14-13-15-19-29)38(28-39)35(17-4-2)44-37(41)45-38/h13-15,18-25,27,35,39H,3-12,16-17,26,28H2,1-2H3/t35-,38-/m0/s1. The fraction of sp³-hybridized carbons (Fsp3) is 0.474. The van der Waals surface area contributed by atoms with Gasteiger partial charge in [-0.05, 0) is 48.7 Å². The van der Waals surface area contributed by atoms with Crippen LogP contribution in [-0.4, -0.2) is 36.5 Å². The summed E-state index contributed by atoms with van der Waals surface area (Å²) in [5, 5.41) is 10.4. The van der Waals surface area contributed by atoms with Crippen molar-refractivity contribution < 1.29 is 33.6 Å². The zero-order chi connectivity index (χ0) is 31.9. The molecule has 1 aliphatic rings. The molecule has 7 heteroatoms. The molecule has 45 heavy (non-hydrogen) atoms. The van der Waals surface area contributed by atoms with Crippen molar-refractivity contribution in [3.63, 3.8) is 0 Å². The van der Waals surface area contributed by atoms with Crippen LogP contribution < -0.4 is 9.47 Å². The molecule has 0 saturated carbocycles. The van der Waals surface area contributed by atoms with E-state index >= 15 is 0 Å². The average molecular weight is 617 g/mol. The molecule has 4 rings (SSSR count). The summed E-state index contributed by atoms with van der Waals surface area (Å²) in [6, 6.07) is 21.8. The third kappa shape index (κ3) is 9.33. The Labute approximate surface area is 267 Å². The highest BCUT2D eigenvalue weighted by Crippen LogP contribution is 2.42. The van der Waals surface area contributed by atoms with Crippen LogP contribution in [0.1, 0.15) is 107 Å². The first-order valence-electron chi connectivity index (χ1n) is 16.7. The van der Waals surface area contributed by atoms with E-state index < -0.39 is 30.4 Å². The smallest absolute Gasteiger partial charge is 0.494 e. The summed E-state index contributed by atoms with van der Waals surface area (Å²) in [5.41, 5.74) is 1.02. The molecule has 0 radical (unpaired) electrons. The molecule has 0 unspecified atom stereocenters. The molecule has 3 aromatic rings. The van der Waals surface area contributed by atoms with Crippen molar-refractivity contribution in [3.8, 4) is 22.6 Å². The molecule has 3 aromatic carbocycles. The number of hydrogen-bond donors (Lipinski definition) is 1. The second-order valence-electron chi connectivity index (χ2n) is 11.8. The van der Waals surface area contributed by atoms with Gasteiger partial charge in [-0.1, -0.05) is 121 Å². The van der Waals surface area contributed by atoms with Crippen molar-refractivity contribution >= 4 is 12.1 Å². The number of cyclic esters (lactones) is 2. The highest BCUT2D eigenvalue weighted by Gasteiger charge is 2.52. The maximum atomic E-state index is 13.3. The molecule has 7 nitrogen and oxygen atoms in total. The molecule has 242 valence electrons. The van der Waals surface area contributed by atoms with Crippen LogP contribution in [0.3, 0.4) is 0 Å².